The highest BCUT2D eigenvalue weighted by atomic mass is 19.4. The van der Waals surface area contributed by atoms with Crippen LogP contribution in [0.4, 0.5) is 13.2 Å². The SMILES string of the molecule is OB(O)c1cccc(COc2ccccc2C(F)(F)F)c1. The summed E-state index contributed by atoms with van der Waals surface area (Å²) in [5.41, 5.74) is -0.0545. The summed E-state index contributed by atoms with van der Waals surface area (Å²) >= 11 is 0. The van der Waals surface area contributed by atoms with Crippen LogP contribution >= 0.6 is 0 Å². The summed E-state index contributed by atoms with van der Waals surface area (Å²) in [6.07, 6.45) is -4.49. The van der Waals surface area contributed by atoms with Gasteiger partial charge in [-0.25, -0.2) is 0 Å². The van der Waals surface area contributed by atoms with Crippen molar-refractivity contribution in [3.8, 4) is 5.75 Å². The number of alkyl halides is 3. The Bertz CT molecular complexity index is 614. The monoisotopic (exact) mass is 296 g/mol. The molecule has 0 aromatic heterocycles. The van der Waals surface area contributed by atoms with E-state index in [1.54, 1.807) is 12.1 Å². The Labute approximate surface area is 119 Å². The second kappa shape index (κ2) is 6.20. The van der Waals surface area contributed by atoms with Gasteiger partial charge in [0.2, 0.25) is 0 Å². The zero-order valence-electron chi connectivity index (χ0n) is 10.8. The number of rotatable bonds is 4. The molecule has 0 bridgehead atoms. The number of hydrogen-bond donors (Lipinski definition) is 2. The molecule has 2 aromatic rings. The summed E-state index contributed by atoms with van der Waals surface area (Å²) in [7, 11) is -1.63. The second-order valence-electron chi connectivity index (χ2n) is 4.40. The quantitative estimate of drug-likeness (QED) is 0.848. The maximum Gasteiger partial charge on any atom is 0.488 e. The van der Waals surface area contributed by atoms with E-state index in [1.807, 2.05) is 0 Å². The van der Waals surface area contributed by atoms with Crippen molar-refractivity contribution in [1.29, 1.82) is 0 Å². The first-order valence-corrected chi connectivity index (χ1v) is 6.12. The standard InChI is InChI=1S/C14H12BF3O3/c16-14(17,18)12-6-1-2-7-13(12)21-9-10-4-3-5-11(8-10)15(19)20/h1-8,19-20H,9H2. The third-order valence-corrected chi connectivity index (χ3v) is 2.84. The van der Waals surface area contributed by atoms with Gasteiger partial charge in [0.15, 0.2) is 0 Å². The van der Waals surface area contributed by atoms with Crippen molar-refractivity contribution in [3.63, 3.8) is 0 Å². The Morgan fingerprint density at radius 3 is 2.38 bits per heavy atom. The van der Waals surface area contributed by atoms with E-state index in [-0.39, 0.29) is 17.8 Å². The van der Waals surface area contributed by atoms with E-state index in [2.05, 4.69) is 0 Å². The minimum Gasteiger partial charge on any atom is -0.488 e. The lowest BCUT2D eigenvalue weighted by Gasteiger charge is -2.14. The maximum absolute atomic E-state index is 12.8. The van der Waals surface area contributed by atoms with Crippen LogP contribution in [0.5, 0.6) is 5.75 Å². The first-order chi connectivity index (χ1) is 9.88. The van der Waals surface area contributed by atoms with Crippen LogP contribution in [-0.4, -0.2) is 17.2 Å². The van der Waals surface area contributed by atoms with E-state index < -0.39 is 18.9 Å². The molecule has 110 valence electrons. The van der Waals surface area contributed by atoms with Crippen LogP contribution in [0, 0.1) is 0 Å². The summed E-state index contributed by atoms with van der Waals surface area (Å²) in [4.78, 5) is 0. The molecule has 0 atom stereocenters. The molecule has 0 fully saturated rings. The van der Waals surface area contributed by atoms with Crippen molar-refractivity contribution in [1.82, 2.24) is 0 Å². The molecule has 2 aromatic carbocycles. The lowest BCUT2D eigenvalue weighted by Crippen LogP contribution is -2.29. The fourth-order valence-corrected chi connectivity index (χ4v) is 1.83. The van der Waals surface area contributed by atoms with E-state index in [0.29, 0.717) is 5.56 Å². The van der Waals surface area contributed by atoms with Crippen LogP contribution in [0.15, 0.2) is 48.5 Å². The van der Waals surface area contributed by atoms with Crippen molar-refractivity contribution in [2.45, 2.75) is 12.8 Å². The van der Waals surface area contributed by atoms with Gasteiger partial charge in [-0.1, -0.05) is 36.4 Å². The number of halogens is 3. The predicted molar refractivity (Wildman–Crippen MR) is 72.0 cm³/mol. The first-order valence-electron chi connectivity index (χ1n) is 6.12. The lowest BCUT2D eigenvalue weighted by atomic mass is 9.80. The van der Waals surface area contributed by atoms with Gasteiger partial charge >= 0.3 is 13.3 Å². The van der Waals surface area contributed by atoms with Gasteiger partial charge in [-0.05, 0) is 23.2 Å². The van der Waals surface area contributed by atoms with Crippen molar-refractivity contribution < 1.29 is 28.0 Å². The number of para-hydroxylation sites is 1. The molecule has 7 heteroatoms. The lowest BCUT2D eigenvalue weighted by molar-refractivity contribution is -0.139. The van der Waals surface area contributed by atoms with Gasteiger partial charge < -0.3 is 14.8 Å². The van der Waals surface area contributed by atoms with Crippen LogP contribution in [0.3, 0.4) is 0 Å². The molecular weight excluding hydrogens is 284 g/mol. The Morgan fingerprint density at radius 1 is 1.00 bits per heavy atom. The predicted octanol–water partition coefficient (Wildman–Crippen LogP) is 1.96. The molecule has 3 nitrogen and oxygen atoms in total. The van der Waals surface area contributed by atoms with E-state index in [4.69, 9.17) is 14.8 Å². The molecule has 2 rings (SSSR count). The molecule has 0 heterocycles. The van der Waals surface area contributed by atoms with Gasteiger partial charge in [0.25, 0.3) is 0 Å². The number of ether oxygens (including phenoxy) is 1. The summed E-state index contributed by atoms with van der Waals surface area (Å²) in [5.74, 6) is -0.264. The molecule has 0 saturated carbocycles. The Balaban J connectivity index is 2.16. The fourth-order valence-electron chi connectivity index (χ4n) is 1.83. The summed E-state index contributed by atoms with van der Waals surface area (Å²) in [6, 6.07) is 11.1. The van der Waals surface area contributed by atoms with Crippen LogP contribution in [-0.2, 0) is 12.8 Å². The average Bonchev–Trinajstić information content (AvgIpc) is 2.45. The van der Waals surface area contributed by atoms with Gasteiger partial charge in [0.1, 0.15) is 12.4 Å². The highest BCUT2D eigenvalue weighted by molar-refractivity contribution is 6.58. The van der Waals surface area contributed by atoms with Gasteiger partial charge in [0.05, 0.1) is 5.56 Å². The molecule has 0 amide bonds. The third kappa shape index (κ3) is 3.99. The molecule has 0 spiro atoms. The molecule has 0 unspecified atom stereocenters. The number of hydrogen-bond acceptors (Lipinski definition) is 3. The average molecular weight is 296 g/mol. The Morgan fingerprint density at radius 2 is 1.71 bits per heavy atom. The van der Waals surface area contributed by atoms with E-state index in [9.17, 15) is 13.2 Å². The van der Waals surface area contributed by atoms with Gasteiger partial charge in [-0.15, -0.1) is 0 Å². The van der Waals surface area contributed by atoms with Crippen LogP contribution in [0.1, 0.15) is 11.1 Å². The van der Waals surface area contributed by atoms with Gasteiger partial charge in [0, 0.05) is 0 Å². The summed E-state index contributed by atoms with van der Waals surface area (Å²) in [6.45, 7) is -0.104. The zero-order valence-corrected chi connectivity index (χ0v) is 10.8. The van der Waals surface area contributed by atoms with Gasteiger partial charge in [-0.3, -0.25) is 0 Å². The molecule has 0 radical (unpaired) electrons. The molecule has 0 aliphatic carbocycles. The molecule has 0 aliphatic rings. The highest BCUT2D eigenvalue weighted by Gasteiger charge is 2.33. The Kier molecular flexibility index (Phi) is 4.54. The molecule has 0 aliphatic heterocycles. The maximum atomic E-state index is 12.8. The van der Waals surface area contributed by atoms with Crippen molar-refractivity contribution in [2.75, 3.05) is 0 Å². The van der Waals surface area contributed by atoms with Gasteiger partial charge in [-0.2, -0.15) is 13.2 Å². The largest absolute Gasteiger partial charge is 0.488 e. The van der Waals surface area contributed by atoms with Crippen LogP contribution in [0.2, 0.25) is 0 Å². The molecule has 2 N–H and O–H groups in total. The minimum atomic E-state index is -4.49. The van der Waals surface area contributed by atoms with E-state index in [1.165, 1.54) is 30.3 Å². The highest BCUT2D eigenvalue weighted by Crippen LogP contribution is 2.36. The third-order valence-electron chi connectivity index (χ3n) is 2.84. The Hall–Kier alpha value is -1.99. The molecule has 0 saturated heterocycles. The number of benzene rings is 2. The van der Waals surface area contributed by atoms with Crippen molar-refractivity contribution in [2.24, 2.45) is 0 Å². The first kappa shape index (κ1) is 15.4. The smallest absolute Gasteiger partial charge is 0.488 e. The summed E-state index contributed by atoms with van der Waals surface area (Å²) in [5, 5.41) is 18.1. The minimum absolute atomic E-state index is 0.104. The van der Waals surface area contributed by atoms with Crippen molar-refractivity contribution >= 4 is 12.6 Å². The normalized spacial score (nSPS) is 11.3. The van der Waals surface area contributed by atoms with Crippen molar-refractivity contribution in [3.05, 3.63) is 59.7 Å². The topological polar surface area (TPSA) is 49.7 Å². The van der Waals surface area contributed by atoms with Crippen LogP contribution < -0.4 is 10.2 Å². The van der Waals surface area contributed by atoms with Crippen LogP contribution in [0.25, 0.3) is 0 Å². The summed E-state index contributed by atoms with van der Waals surface area (Å²) < 4.78 is 43.6. The molecule has 21 heavy (non-hydrogen) atoms. The fraction of sp³-hybridized carbons (Fsp3) is 0.143. The zero-order chi connectivity index (χ0) is 15.5. The second-order valence-corrected chi connectivity index (χ2v) is 4.40. The van der Waals surface area contributed by atoms with E-state index >= 15 is 0 Å². The van der Waals surface area contributed by atoms with E-state index in [0.717, 1.165) is 6.07 Å². The molecular formula is C14H12BF3O3.